The molecule has 1 atom stereocenters. The molecule has 0 aromatic heterocycles. The van der Waals surface area contributed by atoms with Crippen molar-refractivity contribution in [2.24, 2.45) is 5.92 Å². The third kappa shape index (κ3) is 3.43. The molecule has 1 unspecified atom stereocenters. The van der Waals surface area contributed by atoms with Crippen molar-refractivity contribution in [3.63, 3.8) is 0 Å². The number of hydrogen-bond acceptors (Lipinski definition) is 1. The summed E-state index contributed by atoms with van der Waals surface area (Å²) >= 11 is 0. The molecule has 0 N–H and O–H groups in total. The van der Waals surface area contributed by atoms with Crippen molar-refractivity contribution in [1.29, 1.82) is 0 Å². The Labute approximate surface area is 202 Å². The average Bonchev–Trinajstić information content (AvgIpc) is 3.09. The Hall–Kier alpha value is -2.84. The molecular weight excluding hydrogens is 416 g/mol. The molecule has 0 aliphatic heterocycles. The van der Waals surface area contributed by atoms with Crippen LogP contribution in [0.4, 0.5) is 0 Å². The zero-order chi connectivity index (χ0) is 23.9. The highest BCUT2D eigenvalue weighted by Gasteiger charge is 2.47. The van der Waals surface area contributed by atoms with E-state index in [0.717, 1.165) is 5.75 Å². The van der Waals surface area contributed by atoms with E-state index in [-0.39, 0.29) is 0 Å². The third-order valence-electron chi connectivity index (χ3n) is 7.88. The van der Waals surface area contributed by atoms with E-state index < -0.39 is 5.41 Å². The van der Waals surface area contributed by atoms with Crippen LogP contribution in [0.1, 0.15) is 59.7 Å². The molecule has 33 heavy (non-hydrogen) atoms. The summed E-state index contributed by atoms with van der Waals surface area (Å²) in [5.74, 6) is 1.21. The minimum Gasteiger partial charge on any atom is -0.540 e. The molecule has 1 aliphatic rings. The van der Waals surface area contributed by atoms with Gasteiger partial charge >= 0.3 is 10.5 Å². The van der Waals surface area contributed by atoms with Crippen molar-refractivity contribution in [1.82, 2.24) is 0 Å². The van der Waals surface area contributed by atoms with Gasteiger partial charge < -0.3 is 4.43 Å². The van der Waals surface area contributed by atoms with Gasteiger partial charge in [0.15, 0.2) is 0 Å². The Balaban J connectivity index is 2.32. The summed E-state index contributed by atoms with van der Waals surface area (Å²) in [5, 5.41) is 0. The second kappa shape index (κ2) is 8.83. The third-order valence-corrected chi connectivity index (χ3v) is 8.08. The molecule has 4 rings (SSSR count). The lowest BCUT2D eigenvalue weighted by Crippen LogP contribution is -2.36. The standard InChI is InChI=1S/C31H33OSi/c1-19-18-20(2)28(21(19)3)31(26-14-10-8-11-15-26,27-16-12-9-13-17-27)29-24(6)22(4)23(5)25(7)30(29)32-33/h8-18,20H,1-7H3. The van der Waals surface area contributed by atoms with Gasteiger partial charge in [0.05, 0.1) is 5.41 Å². The smallest absolute Gasteiger partial charge is 0.341 e. The fourth-order valence-electron chi connectivity index (χ4n) is 5.89. The van der Waals surface area contributed by atoms with Crippen LogP contribution in [0.25, 0.3) is 0 Å². The van der Waals surface area contributed by atoms with Crippen molar-refractivity contribution in [3.05, 3.63) is 122 Å². The monoisotopic (exact) mass is 449 g/mol. The molecule has 0 saturated heterocycles. The zero-order valence-electron chi connectivity index (χ0n) is 20.8. The topological polar surface area (TPSA) is 9.23 Å². The maximum atomic E-state index is 6.06. The van der Waals surface area contributed by atoms with Crippen LogP contribution in [0.2, 0.25) is 0 Å². The number of hydrogen-bond donors (Lipinski definition) is 0. The second-order valence-electron chi connectivity index (χ2n) is 9.47. The average molecular weight is 450 g/mol. The minimum atomic E-state index is -0.491. The first kappa shape index (κ1) is 23.3. The van der Waals surface area contributed by atoms with E-state index in [2.05, 4.69) is 126 Å². The largest absolute Gasteiger partial charge is 0.540 e. The summed E-state index contributed by atoms with van der Waals surface area (Å²) in [4.78, 5) is 0. The van der Waals surface area contributed by atoms with Gasteiger partial charge in [0.2, 0.25) is 0 Å². The highest BCUT2D eigenvalue weighted by atomic mass is 28.2. The maximum absolute atomic E-state index is 6.06. The molecule has 1 nitrogen and oxygen atoms in total. The van der Waals surface area contributed by atoms with Gasteiger partial charge in [0.1, 0.15) is 5.75 Å². The predicted molar refractivity (Wildman–Crippen MR) is 140 cm³/mol. The van der Waals surface area contributed by atoms with Crippen molar-refractivity contribution >= 4 is 10.5 Å². The molecular formula is C31H33OSi. The van der Waals surface area contributed by atoms with E-state index in [9.17, 15) is 0 Å². The normalized spacial score (nSPS) is 16.2. The SMILES string of the molecule is CC1=CC(C)C(C(c2ccccc2)(c2ccccc2)c2c(C)c(C)c(C)c(C)c2O[Si])=C1C. The summed E-state index contributed by atoms with van der Waals surface area (Å²) in [5.41, 5.74) is 12.4. The number of allylic oxidation sites excluding steroid dienone is 4. The van der Waals surface area contributed by atoms with Crippen molar-refractivity contribution < 1.29 is 4.43 Å². The molecule has 1 aliphatic carbocycles. The minimum absolute atomic E-state index is 0.300. The Bertz CT molecular complexity index is 1210. The van der Waals surface area contributed by atoms with Gasteiger partial charge in [0, 0.05) is 5.56 Å². The van der Waals surface area contributed by atoms with Crippen LogP contribution in [0, 0.1) is 33.6 Å². The van der Waals surface area contributed by atoms with Crippen LogP contribution in [0.15, 0.2) is 83.5 Å². The molecule has 0 heterocycles. The Morgan fingerprint density at radius 1 is 0.697 bits per heavy atom. The van der Waals surface area contributed by atoms with Gasteiger partial charge in [-0.2, -0.15) is 0 Å². The van der Waals surface area contributed by atoms with Crippen molar-refractivity contribution in [2.75, 3.05) is 0 Å². The fourth-order valence-corrected chi connectivity index (χ4v) is 6.15. The Morgan fingerprint density at radius 3 is 1.61 bits per heavy atom. The Kier molecular flexibility index (Phi) is 6.24. The molecule has 3 radical (unpaired) electrons. The van der Waals surface area contributed by atoms with E-state index in [0.29, 0.717) is 5.92 Å². The quantitative estimate of drug-likeness (QED) is 0.287. The van der Waals surface area contributed by atoms with Crippen LogP contribution in [0.3, 0.4) is 0 Å². The molecule has 0 saturated carbocycles. The van der Waals surface area contributed by atoms with E-state index in [1.165, 1.54) is 55.7 Å². The van der Waals surface area contributed by atoms with Crippen LogP contribution >= 0.6 is 0 Å². The predicted octanol–water partition coefficient (Wildman–Crippen LogP) is 7.63. The first-order valence-electron chi connectivity index (χ1n) is 11.7. The number of benzene rings is 3. The highest BCUT2D eigenvalue weighted by molar-refractivity contribution is 6.00. The summed E-state index contributed by atoms with van der Waals surface area (Å²) in [6, 6.07) is 21.9. The maximum Gasteiger partial charge on any atom is 0.341 e. The van der Waals surface area contributed by atoms with Gasteiger partial charge in [-0.05, 0) is 92.0 Å². The highest BCUT2D eigenvalue weighted by Crippen LogP contribution is 2.56. The van der Waals surface area contributed by atoms with E-state index in [4.69, 9.17) is 4.43 Å². The lowest BCUT2D eigenvalue weighted by molar-refractivity contribution is 0.559. The molecule has 0 fully saturated rings. The number of rotatable bonds is 5. The van der Waals surface area contributed by atoms with Gasteiger partial charge in [0.25, 0.3) is 0 Å². The summed E-state index contributed by atoms with van der Waals surface area (Å²) in [6.45, 7) is 15.7. The Morgan fingerprint density at radius 2 is 1.18 bits per heavy atom. The molecule has 0 bridgehead atoms. The first-order valence-corrected chi connectivity index (χ1v) is 12.1. The van der Waals surface area contributed by atoms with Gasteiger partial charge in [-0.25, -0.2) is 0 Å². The lowest BCUT2D eigenvalue weighted by Gasteiger charge is -2.43. The van der Waals surface area contributed by atoms with Crippen molar-refractivity contribution in [2.45, 2.75) is 53.9 Å². The van der Waals surface area contributed by atoms with Gasteiger partial charge in [-0.3, -0.25) is 0 Å². The lowest BCUT2D eigenvalue weighted by atomic mass is 9.60. The van der Waals surface area contributed by atoms with E-state index >= 15 is 0 Å². The molecule has 2 heteroatoms. The van der Waals surface area contributed by atoms with E-state index in [1.807, 2.05) is 0 Å². The zero-order valence-corrected chi connectivity index (χ0v) is 21.8. The molecule has 3 aromatic carbocycles. The molecule has 167 valence electrons. The summed E-state index contributed by atoms with van der Waals surface area (Å²) < 4.78 is 6.06. The van der Waals surface area contributed by atoms with Crippen LogP contribution in [-0.2, 0) is 5.41 Å². The van der Waals surface area contributed by atoms with Crippen LogP contribution in [-0.4, -0.2) is 10.5 Å². The van der Waals surface area contributed by atoms with E-state index in [1.54, 1.807) is 0 Å². The summed E-state index contributed by atoms with van der Waals surface area (Å²) in [6.07, 6.45) is 2.41. The first-order chi connectivity index (χ1) is 15.8. The van der Waals surface area contributed by atoms with Gasteiger partial charge in [-0.1, -0.05) is 79.2 Å². The summed E-state index contributed by atoms with van der Waals surface area (Å²) in [7, 11) is 3.47. The van der Waals surface area contributed by atoms with Crippen molar-refractivity contribution in [3.8, 4) is 5.75 Å². The molecule has 0 amide bonds. The second-order valence-corrected chi connectivity index (χ2v) is 9.67. The van der Waals surface area contributed by atoms with Gasteiger partial charge in [-0.15, -0.1) is 0 Å². The van der Waals surface area contributed by atoms with Crippen LogP contribution < -0.4 is 4.43 Å². The fraction of sp³-hybridized carbons (Fsp3) is 0.290. The van der Waals surface area contributed by atoms with Crippen LogP contribution in [0.5, 0.6) is 5.75 Å². The molecule has 0 spiro atoms. The molecule has 3 aromatic rings.